The van der Waals surface area contributed by atoms with Gasteiger partial charge < -0.3 is 4.74 Å². The first-order valence-electron chi connectivity index (χ1n) is 10.6. The molecule has 0 bridgehead atoms. The second-order valence-electron chi connectivity index (χ2n) is 7.70. The van der Waals surface area contributed by atoms with E-state index in [0.717, 1.165) is 22.6 Å². The Bertz CT molecular complexity index is 1260. The highest BCUT2D eigenvalue weighted by molar-refractivity contribution is 5.72. The Balaban J connectivity index is 1.57. The van der Waals surface area contributed by atoms with Crippen LogP contribution in [-0.2, 0) is 0 Å². The molecule has 5 nitrogen and oxygen atoms in total. The van der Waals surface area contributed by atoms with Crippen LogP contribution in [0, 0.1) is 0 Å². The fraction of sp³-hybridized carbons (Fsp3) is 0.0741. The minimum atomic E-state index is -0.119. The summed E-state index contributed by atoms with van der Waals surface area (Å²) in [6.45, 7) is 0. The summed E-state index contributed by atoms with van der Waals surface area (Å²) < 4.78 is 6.27. The number of rotatable bonds is 3. The minimum absolute atomic E-state index is 0.0513. The molecule has 0 saturated heterocycles. The van der Waals surface area contributed by atoms with Gasteiger partial charge in [-0.05, 0) is 18.2 Å². The number of aromatic nitrogens is 3. The van der Waals surface area contributed by atoms with Crippen LogP contribution in [0.15, 0.2) is 109 Å². The summed E-state index contributed by atoms with van der Waals surface area (Å²) in [6, 6.07) is 28.0. The molecule has 2 atom stereocenters. The molecule has 2 aliphatic rings. The largest absolute Gasteiger partial charge is 0.482 e. The third kappa shape index (κ3) is 3.24. The number of para-hydroxylation sites is 2. The Morgan fingerprint density at radius 2 is 1.22 bits per heavy atom. The second-order valence-corrected chi connectivity index (χ2v) is 7.70. The average molecular weight is 416 g/mol. The van der Waals surface area contributed by atoms with Crippen LogP contribution in [0.2, 0.25) is 0 Å². The van der Waals surface area contributed by atoms with Crippen molar-refractivity contribution >= 4 is 11.6 Å². The van der Waals surface area contributed by atoms with Gasteiger partial charge in [0.2, 0.25) is 5.95 Å². The van der Waals surface area contributed by atoms with E-state index in [4.69, 9.17) is 19.7 Å². The number of benzene rings is 3. The van der Waals surface area contributed by atoms with Crippen molar-refractivity contribution in [2.45, 2.75) is 12.1 Å². The van der Waals surface area contributed by atoms with E-state index in [1.165, 1.54) is 0 Å². The summed E-state index contributed by atoms with van der Waals surface area (Å²) in [4.78, 5) is 16.8. The molecule has 0 amide bonds. The van der Waals surface area contributed by atoms with Crippen LogP contribution in [0.4, 0.5) is 11.6 Å². The zero-order chi connectivity index (χ0) is 21.3. The van der Waals surface area contributed by atoms with Gasteiger partial charge >= 0.3 is 0 Å². The van der Waals surface area contributed by atoms with Gasteiger partial charge in [-0.3, -0.25) is 4.90 Å². The Labute approximate surface area is 186 Å². The highest BCUT2D eigenvalue weighted by Crippen LogP contribution is 2.41. The third-order valence-electron chi connectivity index (χ3n) is 5.65. The predicted octanol–water partition coefficient (Wildman–Crippen LogP) is 5.60. The zero-order valence-corrected chi connectivity index (χ0v) is 17.2. The van der Waals surface area contributed by atoms with Crippen LogP contribution < -0.4 is 9.64 Å². The lowest BCUT2D eigenvalue weighted by molar-refractivity contribution is 0.217. The highest BCUT2D eigenvalue weighted by Gasteiger charge is 2.36. The molecule has 0 spiro atoms. The summed E-state index contributed by atoms with van der Waals surface area (Å²) in [5.41, 5.74) is 2.84. The summed E-state index contributed by atoms with van der Waals surface area (Å²) in [6.07, 6.45) is 8.15. The van der Waals surface area contributed by atoms with E-state index in [1.807, 2.05) is 97.1 Å². The maximum atomic E-state index is 6.27. The molecule has 1 aromatic heterocycles. The van der Waals surface area contributed by atoms with Crippen LogP contribution in [0.1, 0.15) is 0 Å². The summed E-state index contributed by atoms with van der Waals surface area (Å²) >= 11 is 0. The molecule has 32 heavy (non-hydrogen) atoms. The molecule has 4 aromatic rings. The normalized spacial score (nSPS) is 18.6. The van der Waals surface area contributed by atoms with E-state index in [-0.39, 0.29) is 12.1 Å². The highest BCUT2D eigenvalue weighted by atomic mass is 16.5. The Morgan fingerprint density at radius 1 is 0.625 bits per heavy atom. The number of fused-ring (bicyclic) bond motifs is 2. The topological polar surface area (TPSA) is 51.1 Å². The van der Waals surface area contributed by atoms with Crippen molar-refractivity contribution < 1.29 is 4.74 Å². The fourth-order valence-corrected chi connectivity index (χ4v) is 4.13. The molecule has 6 rings (SSSR count). The number of nitrogens with zero attached hydrogens (tertiary/aromatic N) is 4. The fourth-order valence-electron chi connectivity index (χ4n) is 4.13. The first-order valence-corrected chi connectivity index (χ1v) is 10.6. The summed E-state index contributed by atoms with van der Waals surface area (Å²) in [5, 5.41) is 0. The van der Waals surface area contributed by atoms with Gasteiger partial charge in [-0.15, -0.1) is 0 Å². The molecule has 1 aliphatic carbocycles. The van der Waals surface area contributed by atoms with Crippen LogP contribution in [0.3, 0.4) is 0 Å². The van der Waals surface area contributed by atoms with Crippen molar-refractivity contribution in [2.75, 3.05) is 4.90 Å². The van der Waals surface area contributed by atoms with Gasteiger partial charge in [-0.25, -0.2) is 4.98 Å². The third-order valence-corrected chi connectivity index (χ3v) is 5.65. The number of anilines is 2. The van der Waals surface area contributed by atoms with Gasteiger partial charge in [-0.1, -0.05) is 91.0 Å². The molecule has 154 valence electrons. The number of ether oxygens (including phenoxy) is 1. The lowest BCUT2D eigenvalue weighted by Crippen LogP contribution is -2.46. The summed E-state index contributed by atoms with van der Waals surface area (Å²) in [7, 11) is 0. The number of allylic oxidation sites excluding steroid dienone is 2. The SMILES string of the molecule is C1=CC2Oc3ccccc3N(c3nc(-c4ccccc4)nc(-c4ccccc4)n3)C2C=C1. The molecule has 0 saturated carbocycles. The molecular formula is C27H20N4O. The quantitative estimate of drug-likeness (QED) is 0.435. The summed E-state index contributed by atoms with van der Waals surface area (Å²) in [5.74, 6) is 2.70. The smallest absolute Gasteiger partial charge is 0.234 e. The van der Waals surface area contributed by atoms with Crippen LogP contribution in [-0.4, -0.2) is 27.1 Å². The number of hydrogen-bond acceptors (Lipinski definition) is 5. The first kappa shape index (κ1) is 18.5. The van der Waals surface area contributed by atoms with E-state index in [0.29, 0.717) is 17.6 Å². The molecule has 2 unspecified atom stereocenters. The Hall–Kier alpha value is -4.25. The van der Waals surface area contributed by atoms with Crippen molar-refractivity contribution in [3.63, 3.8) is 0 Å². The van der Waals surface area contributed by atoms with E-state index < -0.39 is 0 Å². The number of hydrogen-bond donors (Lipinski definition) is 0. The maximum absolute atomic E-state index is 6.27. The van der Waals surface area contributed by atoms with Gasteiger partial charge in [0, 0.05) is 11.1 Å². The van der Waals surface area contributed by atoms with Crippen LogP contribution in [0.25, 0.3) is 22.8 Å². The Kier molecular flexibility index (Phi) is 4.50. The average Bonchev–Trinajstić information content (AvgIpc) is 2.88. The molecule has 1 aliphatic heterocycles. The second kappa shape index (κ2) is 7.78. The van der Waals surface area contributed by atoms with E-state index >= 15 is 0 Å². The van der Waals surface area contributed by atoms with Crippen molar-refractivity contribution in [1.29, 1.82) is 0 Å². The van der Waals surface area contributed by atoms with Crippen LogP contribution >= 0.6 is 0 Å². The van der Waals surface area contributed by atoms with E-state index in [2.05, 4.69) is 17.1 Å². The molecule has 0 N–H and O–H groups in total. The van der Waals surface area contributed by atoms with Crippen LogP contribution in [0.5, 0.6) is 5.75 Å². The van der Waals surface area contributed by atoms with E-state index in [1.54, 1.807) is 0 Å². The maximum Gasteiger partial charge on any atom is 0.234 e. The molecule has 2 heterocycles. The van der Waals surface area contributed by atoms with Crippen molar-refractivity contribution in [3.05, 3.63) is 109 Å². The standard InChI is InChI=1S/C27H20N4O/c1-3-11-19(12-4-1)25-28-26(20-13-5-2-6-14-20)30-27(29-25)31-21-15-7-9-17-23(21)32-24-18-10-8-16-22(24)31/h1-18,21,23H. The molecular weight excluding hydrogens is 396 g/mol. The van der Waals surface area contributed by atoms with Crippen molar-refractivity contribution in [1.82, 2.24) is 15.0 Å². The lowest BCUT2D eigenvalue weighted by atomic mass is 10.0. The predicted molar refractivity (Wildman–Crippen MR) is 126 cm³/mol. The van der Waals surface area contributed by atoms with Gasteiger partial charge in [0.25, 0.3) is 0 Å². The van der Waals surface area contributed by atoms with Gasteiger partial charge in [-0.2, -0.15) is 9.97 Å². The van der Waals surface area contributed by atoms with E-state index in [9.17, 15) is 0 Å². The van der Waals surface area contributed by atoms with Crippen molar-refractivity contribution in [2.24, 2.45) is 0 Å². The van der Waals surface area contributed by atoms with Crippen molar-refractivity contribution in [3.8, 4) is 28.5 Å². The Morgan fingerprint density at radius 3 is 1.91 bits per heavy atom. The monoisotopic (exact) mass is 416 g/mol. The van der Waals surface area contributed by atoms with Gasteiger partial charge in [0.15, 0.2) is 11.6 Å². The molecule has 0 fully saturated rings. The minimum Gasteiger partial charge on any atom is -0.482 e. The first-order chi connectivity index (χ1) is 15.9. The zero-order valence-electron chi connectivity index (χ0n) is 17.2. The molecule has 3 aromatic carbocycles. The van der Waals surface area contributed by atoms with Gasteiger partial charge in [0.05, 0.1) is 11.7 Å². The van der Waals surface area contributed by atoms with Gasteiger partial charge in [0.1, 0.15) is 11.9 Å². The molecule has 5 heteroatoms. The molecule has 0 radical (unpaired) electrons. The lowest BCUT2D eigenvalue weighted by Gasteiger charge is -2.40.